The van der Waals surface area contributed by atoms with E-state index in [0.29, 0.717) is 12.5 Å². The van der Waals surface area contributed by atoms with Gasteiger partial charge in [0, 0.05) is 5.57 Å². The van der Waals surface area contributed by atoms with Gasteiger partial charge < -0.3 is 0 Å². The molecule has 0 radical (unpaired) electrons. The van der Waals surface area contributed by atoms with Gasteiger partial charge in [-0.2, -0.15) is 0 Å². The Morgan fingerprint density at radius 3 is 2.08 bits per heavy atom. The van der Waals surface area contributed by atoms with Gasteiger partial charge in [0.1, 0.15) is 0 Å². The van der Waals surface area contributed by atoms with E-state index in [2.05, 4.69) is 0 Å². The number of carbonyl (C=O) groups is 1. The molecule has 0 unspecified atom stereocenters. The summed E-state index contributed by atoms with van der Waals surface area (Å²) in [4.78, 5) is 11.5. The van der Waals surface area contributed by atoms with Crippen LogP contribution in [-0.2, 0) is 4.79 Å². The average molecular weight is 183 g/mol. The zero-order chi connectivity index (χ0) is 10.2. The molecular weight excluding hydrogens is 166 g/mol. The van der Waals surface area contributed by atoms with Gasteiger partial charge in [-0.1, -0.05) is 27.7 Å². The fourth-order valence-corrected chi connectivity index (χ4v) is 1.71. The molecule has 74 valence electrons. The van der Waals surface area contributed by atoms with Crippen LogP contribution < -0.4 is 0 Å². The van der Waals surface area contributed by atoms with Crippen LogP contribution in [0.1, 0.15) is 27.7 Å². The zero-order valence-corrected chi connectivity index (χ0v) is 8.66. The minimum absolute atomic E-state index is 0.196. The topological polar surface area (TPSA) is 40.5 Å². The van der Waals surface area contributed by atoms with E-state index in [4.69, 9.17) is 0 Å². The Hall–Kier alpha value is -0.830. The molecule has 0 saturated heterocycles. The zero-order valence-electron chi connectivity index (χ0n) is 8.66. The normalized spacial score (nSPS) is 18.4. The van der Waals surface area contributed by atoms with Gasteiger partial charge in [-0.3, -0.25) is 10.0 Å². The van der Waals surface area contributed by atoms with Crippen LogP contribution >= 0.6 is 0 Å². The molecule has 0 fully saturated rings. The highest BCUT2D eigenvalue weighted by molar-refractivity contribution is 5.96. The second kappa shape index (κ2) is 3.50. The highest BCUT2D eigenvalue weighted by Gasteiger charge is 2.31. The van der Waals surface area contributed by atoms with Crippen LogP contribution in [0.15, 0.2) is 11.1 Å². The molecule has 1 amide bonds. The third-order valence-electron chi connectivity index (χ3n) is 2.41. The Kier molecular flexibility index (Phi) is 2.76. The first-order chi connectivity index (χ1) is 5.95. The molecule has 1 aliphatic rings. The highest BCUT2D eigenvalue weighted by Crippen LogP contribution is 2.28. The molecule has 0 saturated carbocycles. The van der Waals surface area contributed by atoms with E-state index in [1.165, 1.54) is 0 Å². The molecule has 13 heavy (non-hydrogen) atoms. The minimum Gasteiger partial charge on any atom is -0.285 e. The Bertz CT molecular complexity index is 254. The van der Waals surface area contributed by atoms with E-state index in [1.54, 1.807) is 0 Å². The fraction of sp³-hybridized carbons (Fsp3) is 0.700. The molecule has 0 aromatic rings. The Morgan fingerprint density at radius 1 is 1.23 bits per heavy atom. The van der Waals surface area contributed by atoms with Crippen molar-refractivity contribution in [3.05, 3.63) is 11.1 Å². The number of nitrogens with zero attached hydrogens (tertiary/aromatic N) is 1. The lowest BCUT2D eigenvalue weighted by Crippen LogP contribution is -2.23. The van der Waals surface area contributed by atoms with Crippen molar-refractivity contribution in [2.75, 3.05) is 6.54 Å². The molecule has 0 atom stereocenters. The summed E-state index contributed by atoms with van der Waals surface area (Å²) in [5.74, 6) is 0.305. The SMILES string of the molecule is CC(C)C1=C(C(C)C)C(=O)N(O)C1. The highest BCUT2D eigenvalue weighted by atomic mass is 16.5. The van der Waals surface area contributed by atoms with Gasteiger partial charge in [-0.05, 0) is 17.4 Å². The number of hydroxylamine groups is 2. The average Bonchev–Trinajstić information content (AvgIpc) is 2.28. The van der Waals surface area contributed by atoms with Crippen molar-refractivity contribution in [2.24, 2.45) is 11.8 Å². The largest absolute Gasteiger partial charge is 0.285 e. The minimum atomic E-state index is -0.223. The third kappa shape index (κ3) is 1.75. The first-order valence-corrected chi connectivity index (χ1v) is 4.68. The van der Waals surface area contributed by atoms with Crippen molar-refractivity contribution < 1.29 is 10.0 Å². The Labute approximate surface area is 79.0 Å². The Morgan fingerprint density at radius 2 is 1.77 bits per heavy atom. The van der Waals surface area contributed by atoms with Crippen molar-refractivity contribution in [3.8, 4) is 0 Å². The quantitative estimate of drug-likeness (QED) is 0.663. The predicted octanol–water partition coefficient (Wildman–Crippen LogP) is 1.83. The van der Waals surface area contributed by atoms with Gasteiger partial charge in [0.15, 0.2) is 0 Å². The summed E-state index contributed by atoms with van der Waals surface area (Å²) < 4.78 is 0. The maximum absolute atomic E-state index is 11.5. The van der Waals surface area contributed by atoms with E-state index in [0.717, 1.165) is 16.2 Å². The van der Waals surface area contributed by atoms with Gasteiger partial charge >= 0.3 is 0 Å². The summed E-state index contributed by atoms with van der Waals surface area (Å²) in [6.07, 6.45) is 0. The molecule has 0 aromatic carbocycles. The van der Waals surface area contributed by atoms with Crippen molar-refractivity contribution in [3.63, 3.8) is 0 Å². The summed E-state index contributed by atoms with van der Waals surface area (Å²) in [5, 5.41) is 10.1. The molecule has 0 spiro atoms. The number of hydrogen-bond donors (Lipinski definition) is 1. The van der Waals surface area contributed by atoms with Gasteiger partial charge in [0.25, 0.3) is 5.91 Å². The van der Waals surface area contributed by atoms with E-state index >= 15 is 0 Å². The Balaban J connectivity index is 3.04. The second-order valence-corrected chi connectivity index (χ2v) is 4.11. The molecule has 1 N–H and O–H groups in total. The second-order valence-electron chi connectivity index (χ2n) is 4.11. The van der Waals surface area contributed by atoms with Crippen LogP contribution in [0.5, 0.6) is 0 Å². The summed E-state index contributed by atoms with van der Waals surface area (Å²) >= 11 is 0. The monoisotopic (exact) mass is 183 g/mol. The van der Waals surface area contributed by atoms with Crippen molar-refractivity contribution in [2.45, 2.75) is 27.7 Å². The fourth-order valence-electron chi connectivity index (χ4n) is 1.71. The number of rotatable bonds is 2. The van der Waals surface area contributed by atoms with E-state index in [9.17, 15) is 10.0 Å². The predicted molar refractivity (Wildman–Crippen MR) is 50.2 cm³/mol. The lowest BCUT2D eigenvalue weighted by atomic mass is 9.93. The van der Waals surface area contributed by atoms with Crippen LogP contribution in [0.3, 0.4) is 0 Å². The number of hydrogen-bond acceptors (Lipinski definition) is 2. The number of amides is 1. The summed E-state index contributed by atoms with van der Waals surface area (Å²) in [7, 11) is 0. The van der Waals surface area contributed by atoms with Crippen LogP contribution in [0.2, 0.25) is 0 Å². The molecule has 1 aliphatic heterocycles. The van der Waals surface area contributed by atoms with Gasteiger partial charge in [0.2, 0.25) is 0 Å². The third-order valence-corrected chi connectivity index (χ3v) is 2.41. The van der Waals surface area contributed by atoms with E-state index in [1.807, 2.05) is 27.7 Å². The maximum Gasteiger partial charge on any atom is 0.273 e. The van der Waals surface area contributed by atoms with Crippen LogP contribution in [-0.4, -0.2) is 22.7 Å². The smallest absolute Gasteiger partial charge is 0.273 e. The maximum atomic E-state index is 11.5. The van der Waals surface area contributed by atoms with Crippen molar-refractivity contribution >= 4 is 5.91 Å². The molecule has 0 bridgehead atoms. The standard InChI is InChI=1S/C10H17NO2/c1-6(2)8-5-11(13)10(12)9(8)7(3)4/h6-7,13H,5H2,1-4H3. The van der Waals surface area contributed by atoms with Crippen LogP contribution in [0.4, 0.5) is 0 Å². The lowest BCUT2D eigenvalue weighted by Gasteiger charge is -2.10. The van der Waals surface area contributed by atoms with Crippen LogP contribution in [0.25, 0.3) is 0 Å². The molecule has 0 aliphatic carbocycles. The lowest BCUT2D eigenvalue weighted by molar-refractivity contribution is -0.155. The summed E-state index contributed by atoms with van der Waals surface area (Å²) in [6.45, 7) is 8.43. The van der Waals surface area contributed by atoms with Crippen molar-refractivity contribution in [1.29, 1.82) is 0 Å². The first kappa shape index (κ1) is 10.3. The molecule has 1 heterocycles. The molecule has 3 nitrogen and oxygen atoms in total. The molecule has 3 heteroatoms. The molecule has 1 rings (SSSR count). The van der Waals surface area contributed by atoms with E-state index < -0.39 is 0 Å². The molecular formula is C10H17NO2. The summed E-state index contributed by atoms with van der Waals surface area (Å²) in [5.41, 5.74) is 1.86. The number of carbonyl (C=O) groups excluding carboxylic acids is 1. The first-order valence-electron chi connectivity index (χ1n) is 4.68. The van der Waals surface area contributed by atoms with Gasteiger partial charge in [0.05, 0.1) is 6.54 Å². The molecule has 0 aromatic heterocycles. The van der Waals surface area contributed by atoms with Gasteiger partial charge in [-0.25, -0.2) is 5.06 Å². The van der Waals surface area contributed by atoms with Crippen LogP contribution in [0, 0.1) is 11.8 Å². The van der Waals surface area contributed by atoms with Gasteiger partial charge in [-0.15, -0.1) is 0 Å². The van der Waals surface area contributed by atoms with E-state index in [-0.39, 0.29) is 11.8 Å². The van der Waals surface area contributed by atoms with Crippen molar-refractivity contribution in [1.82, 2.24) is 5.06 Å². The summed E-state index contributed by atoms with van der Waals surface area (Å²) in [6, 6.07) is 0.